The molecule has 0 heterocycles. The predicted molar refractivity (Wildman–Crippen MR) is 52.6 cm³/mol. The van der Waals surface area contributed by atoms with Gasteiger partial charge in [-0.3, -0.25) is 0 Å². The van der Waals surface area contributed by atoms with E-state index < -0.39 is 12.1 Å². The molecule has 0 aliphatic heterocycles. The molecule has 5 heteroatoms. The Hall–Kier alpha value is -2.30. The van der Waals surface area contributed by atoms with Crippen molar-refractivity contribution in [2.24, 2.45) is 0 Å². The zero-order valence-electron chi connectivity index (χ0n) is 8.71. The average molecular weight is 223 g/mol. The molecule has 0 radical (unpaired) electrons. The quantitative estimate of drug-likeness (QED) is 0.584. The third-order valence-corrected chi connectivity index (χ3v) is 1.04. The van der Waals surface area contributed by atoms with Crippen LogP contribution in [-0.4, -0.2) is 12.1 Å². The van der Waals surface area contributed by atoms with Crippen molar-refractivity contribution in [1.82, 2.24) is 0 Å². The standard InChI is InChI=1S/C8H8.C2H4O2.CH2O3/c1-2-8-6-4-3-5-7-8;1-2(3)4;2-1(3)4/h2-7H,1H2;1H3,(H,3,4);(H2,2,3,4)/p-3. The van der Waals surface area contributed by atoms with Crippen LogP contribution in [-0.2, 0) is 4.79 Å². The van der Waals surface area contributed by atoms with Crippen LogP contribution in [0.4, 0.5) is 4.79 Å². The molecule has 0 aromatic heterocycles. The van der Waals surface area contributed by atoms with E-state index in [1.54, 1.807) is 0 Å². The van der Waals surface area contributed by atoms with Gasteiger partial charge in [-0.1, -0.05) is 43.0 Å². The molecule has 1 aromatic rings. The molecule has 0 aliphatic rings. The highest BCUT2D eigenvalue weighted by Gasteiger charge is 1.75. The van der Waals surface area contributed by atoms with Gasteiger partial charge < -0.3 is 24.9 Å². The fourth-order valence-corrected chi connectivity index (χ4v) is 0.589. The van der Waals surface area contributed by atoms with E-state index in [0.717, 1.165) is 6.92 Å². The van der Waals surface area contributed by atoms with Gasteiger partial charge in [-0.15, -0.1) is 0 Å². The molecular formula is C11H11O5-3. The molecular weight excluding hydrogens is 212 g/mol. The van der Waals surface area contributed by atoms with Crippen LogP contribution in [0.3, 0.4) is 0 Å². The van der Waals surface area contributed by atoms with Crippen LogP contribution in [0.25, 0.3) is 6.08 Å². The van der Waals surface area contributed by atoms with Gasteiger partial charge in [0, 0.05) is 5.97 Å². The zero-order chi connectivity index (χ0) is 13.0. The molecule has 0 aliphatic carbocycles. The molecule has 1 aromatic carbocycles. The van der Waals surface area contributed by atoms with Gasteiger partial charge in [-0.05, 0) is 18.6 Å². The van der Waals surface area contributed by atoms with Gasteiger partial charge in [0.05, 0.1) is 0 Å². The second-order valence-electron chi connectivity index (χ2n) is 2.36. The van der Waals surface area contributed by atoms with Crippen molar-refractivity contribution < 1.29 is 24.9 Å². The van der Waals surface area contributed by atoms with Crippen molar-refractivity contribution in [3.05, 3.63) is 42.5 Å². The molecule has 16 heavy (non-hydrogen) atoms. The van der Waals surface area contributed by atoms with Crippen molar-refractivity contribution >= 4 is 18.2 Å². The van der Waals surface area contributed by atoms with Crippen LogP contribution in [0.15, 0.2) is 36.9 Å². The van der Waals surface area contributed by atoms with Crippen molar-refractivity contribution in [3.63, 3.8) is 0 Å². The van der Waals surface area contributed by atoms with E-state index >= 15 is 0 Å². The first-order chi connectivity index (χ1) is 7.40. The van der Waals surface area contributed by atoms with Gasteiger partial charge in [0.25, 0.3) is 0 Å². The summed E-state index contributed by atoms with van der Waals surface area (Å²) in [6, 6.07) is 10.0. The fraction of sp³-hybridized carbons (Fsp3) is 0.0909. The predicted octanol–water partition coefficient (Wildman–Crippen LogP) is -1.36. The van der Waals surface area contributed by atoms with Crippen LogP contribution in [0.5, 0.6) is 0 Å². The summed E-state index contributed by atoms with van der Waals surface area (Å²) in [5.74, 6) is -1.08. The molecule has 0 spiro atoms. The molecule has 1 rings (SSSR count). The van der Waals surface area contributed by atoms with E-state index in [2.05, 4.69) is 6.58 Å². The molecule has 5 nitrogen and oxygen atoms in total. The summed E-state index contributed by atoms with van der Waals surface area (Å²) in [6.45, 7) is 4.60. The Bertz CT molecular complexity index is 298. The summed E-state index contributed by atoms with van der Waals surface area (Å²) in [5.41, 5.74) is 1.17. The molecule has 0 saturated heterocycles. The van der Waals surface area contributed by atoms with E-state index in [1.807, 2.05) is 36.4 Å². The summed E-state index contributed by atoms with van der Waals surface area (Å²) in [6.07, 6.45) is -0.500. The number of carbonyl (C=O) groups is 2. The van der Waals surface area contributed by atoms with E-state index in [0.29, 0.717) is 0 Å². The van der Waals surface area contributed by atoms with E-state index in [-0.39, 0.29) is 0 Å². The van der Waals surface area contributed by atoms with Crippen molar-refractivity contribution in [3.8, 4) is 0 Å². The zero-order valence-corrected chi connectivity index (χ0v) is 8.71. The minimum atomic E-state index is -2.33. The smallest absolute Gasteiger partial charge is 0.0383 e. The van der Waals surface area contributed by atoms with Crippen LogP contribution in [0, 0.1) is 0 Å². The highest BCUT2D eigenvalue weighted by atomic mass is 16.6. The molecule has 88 valence electrons. The number of benzene rings is 1. The fourth-order valence-electron chi connectivity index (χ4n) is 0.589. The van der Waals surface area contributed by atoms with Crippen LogP contribution in [0.1, 0.15) is 12.5 Å². The first kappa shape index (κ1) is 16.1. The lowest BCUT2D eigenvalue weighted by molar-refractivity contribution is -0.415. The SMILES string of the molecule is C=Cc1ccccc1.CC(=O)[O-].O=C([O-])[O-]. The molecule has 0 N–H and O–H groups in total. The molecule has 0 fully saturated rings. The number of rotatable bonds is 1. The van der Waals surface area contributed by atoms with Gasteiger partial charge >= 0.3 is 0 Å². The average Bonchev–Trinajstić information content (AvgIpc) is 2.17. The first-order valence-electron chi connectivity index (χ1n) is 4.13. The van der Waals surface area contributed by atoms with Crippen LogP contribution >= 0.6 is 0 Å². The van der Waals surface area contributed by atoms with Crippen LogP contribution in [0.2, 0.25) is 0 Å². The second-order valence-corrected chi connectivity index (χ2v) is 2.36. The maximum Gasteiger partial charge on any atom is 0.0383 e. The van der Waals surface area contributed by atoms with Crippen molar-refractivity contribution in [2.45, 2.75) is 6.92 Å². The number of hydrogen-bond acceptors (Lipinski definition) is 5. The maximum atomic E-state index is 8.89. The summed E-state index contributed by atoms with van der Waals surface area (Å²) >= 11 is 0. The van der Waals surface area contributed by atoms with Gasteiger partial charge in [-0.2, -0.15) is 0 Å². The number of carboxylic acid groups (broad SMARTS) is 3. The Balaban J connectivity index is 0. The van der Waals surface area contributed by atoms with Gasteiger partial charge in [0.15, 0.2) is 0 Å². The third-order valence-electron chi connectivity index (χ3n) is 1.04. The van der Waals surface area contributed by atoms with Gasteiger partial charge in [-0.25, -0.2) is 0 Å². The van der Waals surface area contributed by atoms with E-state index in [1.165, 1.54) is 5.56 Å². The van der Waals surface area contributed by atoms with E-state index in [4.69, 9.17) is 24.9 Å². The molecule has 0 atom stereocenters. The van der Waals surface area contributed by atoms with Crippen molar-refractivity contribution in [2.75, 3.05) is 0 Å². The normalized spacial score (nSPS) is 7.31. The second kappa shape index (κ2) is 10.8. The Morgan fingerprint density at radius 2 is 1.44 bits per heavy atom. The molecule has 0 bridgehead atoms. The molecule has 0 saturated carbocycles. The van der Waals surface area contributed by atoms with Gasteiger partial charge in [0.2, 0.25) is 0 Å². The topological polar surface area (TPSA) is 103 Å². The van der Waals surface area contributed by atoms with E-state index in [9.17, 15) is 0 Å². The lowest BCUT2D eigenvalue weighted by Gasteiger charge is -1.96. The lowest BCUT2D eigenvalue weighted by atomic mass is 10.2. The largest absolute Gasteiger partial charge is 0.652 e. The summed E-state index contributed by atoms with van der Waals surface area (Å²) < 4.78 is 0. The molecule has 0 amide bonds. The number of aliphatic carboxylic acids is 1. The summed E-state index contributed by atoms with van der Waals surface area (Å²) in [7, 11) is 0. The Labute approximate surface area is 93.3 Å². The third kappa shape index (κ3) is 22.6. The minimum Gasteiger partial charge on any atom is -0.652 e. The first-order valence-corrected chi connectivity index (χ1v) is 4.13. The number of carbonyl (C=O) groups excluding carboxylic acids is 2. The summed E-state index contributed by atoms with van der Waals surface area (Å²) in [5, 5.41) is 25.6. The molecule has 0 unspecified atom stereocenters. The highest BCUT2D eigenvalue weighted by Crippen LogP contribution is 1.97. The number of carboxylic acids is 1. The Morgan fingerprint density at radius 3 is 1.62 bits per heavy atom. The summed E-state index contributed by atoms with van der Waals surface area (Å²) in [4.78, 5) is 17.2. The maximum absolute atomic E-state index is 8.89. The van der Waals surface area contributed by atoms with Crippen LogP contribution < -0.4 is 15.3 Å². The van der Waals surface area contributed by atoms with Crippen molar-refractivity contribution in [1.29, 1.82) is 0 Å². The number of hydrogen-bond donors (Lipinski definition) is 0. The Kier molecular flexibility index (Phi) is 10.9. The minimum absolute atomic E-state index is 0.972. The van der Waals surface area contributed by atoms with Gasteiger partial charge in [0.1, 0.15) is 0 Å². The Morgan fingerprint density at radius 1 is 1.12 bits per heavy atom. The highest BCUT2D eigenvalue weighted by molar-refractivity contribution is 5.60. The monoisotopic (exact) mass is 223 g/mol. The lowest BCUT2D eigenvalue weighted by Crippen LogP contribution is -2.37.